The maximum atomic E-state index is 13.7. The number of imide groups is 1. The van der Waals surface area contributed by atoms with Gasteiger partial charge in [0.25, 0.3) is 11.8 Å². The van der Waals surface area contributed by atoms with E-state index in [2.05, 4.69) is 5.32 Å². The van der Waals surface area contributed by atoms with Crippen molar-refractivity contribution in [1.29, 1.82) is 0 Å². The third kappa shape index (κ3) is 4.51. The molecule has 7 nitrogen and oxygen atoms in total. The van der Waals surface area contributed by atoms with E-state index < -0.39 is 6.09 Å². The van der Waals surface area contributed by atoms with Gasteiger partial charge >= 0.3 is 6.09 Å². The van der Waals surface area contributed by atoms with E-state index in [4.69, 9.17) is 16.3 Å². The van der Waals surface area contributed by atoms with Gasteiger partial charge in [0.05, 0.1) is 17.9 Å². The molecule has 0 atom stereocenters. The summed E-state index contributed by atoms with van der Waals surface area (Å²) in [5, 5.41) is 5.61. The number of unbranched alkanes of at least 4 members (excludes halogenated alkanes) is 1. The Morgan fingerprint density at radius 3 is 2.48 bits per heavy atom. The number of amides is 3. The second kappa shape index (κ2) is 9.77. The van der Waals surface area contributed by atoms with Crippen molar-refractivity contribution in [1.82, 2.24) is 9.80 Å². The van der Waals surface area contributed by atoms with E-state index in [0.717, 1.165) is 17.2 Å². The lowest BCUT2D eigenvalue weighted by Gasteiger charge is -2.29. The number of halogens is 1. The van der Waals surface area contributed by atoms with Crippen molar-refractivity contribution in [3.8, 4) is 0 Å². The Morgan fingerprint density at radius 1 is 1.03 bits per heavy atom. The number of fused-ring (bicyclic) bond motifs is 2. The average molecular weight is 468 g/mol. The predicted molar refractivity (Wildman–Crippen MR) is 130 cm³/mol. The first-order chi connectivity index (χ1) is 15.9. The molecule has 0 aliphatic carbocycles. The molecule has 33 heavy (non-hydrogen) atoms. The van der Waals surface area contributed by atoms with Crippen molar-refractivity contribution in [2.45, 2.75) is 12.8 Å². The molecule has 0 unspecified atom stereocenters. The molecule has 172 valence electrons. The third-order valence-corrected chi connectivity index (χ3v) is 5.97. The lowest BCUT2D eigenvalue weighted by molar-refractivity contribution is 0.0602. The fourth-order valence-corrected chi connectivity index (χ4v) is 4.30. The summed E-state index contributed by atoms with van der Waals surface area (Å²) in [6, 6.07) is 12.8. The molecule has 1 N–H and O–H groups in total. The van der Waals surface area contributed by atoms with Crippen LogP contribution in [0.2, 0.25) is 0 Å². The standard InChI is InChI=1S/C25H26ClN3O4/c1-28(2)12-13-29-23(30)18-9-5-7-16-15-17-8-6-10-19(21(17)22(20(16)18)24(29)31)27-25(32)33-14-4-3-11-26/h5-10,15H,3-4,11-14H2,1-2H3,(H,27,32). The highest BCUT2D eigenvalue weighted by molar-refractivity contribution is 6.32. The molecule has 1 aliphatic rings. The van der Waals surface area contributed by atoms with Gasteiger partial charge < -0.3 is 9.64 Å². The Hall–Kier alpha value is -3.16. The zero-order chi connectivity index (χ0) is 23.5. The fraction of sp³-hybridized carbons (Fsp3) is 0.320. The highest BCUT2D eigenvalue weighted by Gasteiger charge is 2.34. The van der Waals surface area contributed by atoms with Crippen molar-refractivity contribution in [2.75, 3.05) is 45.0 Å². The largest absolute Gasteiger partial charge is 0.449 e. The fourth-order valence-electron chi connectivity index (χ4n) is 4.11. The van der Waals surface area contributed by atoms with Crippen molar-refractivity contribution in [2.24, 2.45) is 0 Å². The summed E-state index contributed by atoms with van der Waals surface area (Å²) in [7, 11) is 3.79. The maximum Gasteiger partial charge on any atom is 0.411 e. The molecule has 0 bridgehead atoms. The summed E-state index contributed by atoms with van der Waals surface area (Å²) in [6.07, 6.45) is 0.835. The summed E-state index contributed by atoms with van der Waals surface area (Å²) < 4.78 is 5.26. The Bertz CT molecular complexity index is 1240. The van der Waals surface area contributed by atoms with Gasteiger partial charge in [0.15, 0.2) is 0 Å². The van der Waals surface area contributed by atoms with Gasteiger partial charge in [0.1, 0.15) is 0 Å². The highest BCUT2D eigenvalue weighted by Crippen LogP contribution is 2.38. The molecule has 8 heteroatoms. The topological polar surface area (TPSA) is 78.9 Å². The Labute approximate surface area is 197 Å². The van der Waals surface area contributed by atoms with Gasteiger partial charge in [-0.3, -0.25) is 19.8 Å². The van der Waals surface area contributed by atoms with Crippen LogP contribution in [0.15, 0.2) is 42.5 Å². The molecule has 3 amide bonds. The quantitative estimate of drug-likeness (QED) is 0.224. The van der Waals surface area contributed by atoms with Crippen LogP contribution in [-0.4, -0.2) is 67.4 Å². The zero-order valence-electron chi connectivity index (χ0n) is 18.7. The minimum Gasteiger partial charge on any atom is -0.449 e. The number of nitrogens with one attached hydrogen (secondary N) is 1. The number of ether oxygens (including phenoxy) is 1. The summed E-state index contributed by atoms with van der Waals surface area (Å²) in [5.74, 6) is -0.151. The molecule has 0 fully saturated rings. The maximum absolute atomic E-state index is 13.7. The van der Waals surface area contributed by atoms with Crippen molar-refractivity contribution in [3.63, 3.8) is 0 Å². The van der Waals surface area contributed by atoms with Gasteiger partial charge in [0.2, 0.25) is 0 Å². The summed E-state index contributed by atoms with van der Waals surface area (Å²) in [6.45, 7) is 1.08. The van der Waals surface area contributed by atoms with Crippen LogP contribution in [0.25, 0.3) is 21.5 Å². The van der Waals surface area contributed by atoms with Crippen LogP contribution in [-0.2, 0) is 4.74 Å². The van der Waals surface area contributed by atoms with Crippen LogP contribution in [0.4, 0.5) is 10.5 Å². The molecule has 1 aliphatic heterocycles. The SMILES string of the molecule is CN(C)CCN1C(=O)c2cccc3cc4cccc(NC(=O)OCCCCCl)c4c(c23)C1=O. The van der Waals surface area contributed by atoms with Crippen LogP contribution in [0.1, 0.15) is 33.6 Å². The molecule has 3 aromatic carbocycles. The zero-order valence-corrected chi connectivity index (χ0v) is 19.4. The number of hydrogen-bond donors (Lipinski definition) is 1. The average Bonchev–Trinajstić information content (AvgIpc) is 2.79. The first kappa shape index (κ1) is 23.0. The van der Waals surface area contributed by atoms with E-state index in [0.29, 0.717) is 46.4 Å². The third-order valence-electron chi connectivity index (χ3n) is 5.71. The molecule has 0 saturated heterocycles. The molecule has 4 rings (SSSR count). The molecular weight excluding hydrogens is 442 g/mol. The normalized spacial score (nSPS) is 13.3. The number of anilines is 1. The van der Waals surface area contributed by atoms with E-state index in [1.807, 2.05) is 49.3 Å². The smallest absolute Gasteiger partial charge is 0.411 e. The van der Waals surface area contributed by atoms with Gasteiger partial charge in [-0.25, -0.2) is 4.79 Å². The highest BCUT2D eigenvalue weighted by atomic mass is 35.5. The monoisotopic (exact) mass is 467 g/mol. The van der Waals surface area contributed by atoms with Gasteiger partial charge in [0, 0.05) is 35.3 Å². The number of rotatable bonds is 8. The molecule has 0 aromatic heterocycles. The molecule has 0 radical (unpaired) electrons. The van der Waals surface area contributed by atoms with Crippen molar-refractivity contribution in [3.05, 3.63) is 53.6 Å². The first-order valence-corrected chi connectivity index (χ1v) is 11.4. The predicted octanol–water partition coefficient (Wildman–Crippen LogP) is 4.72. The number of hydrogen-bond acceptors (Lipinski definition) is 5. The van der Waals surface area contributed by atoms with Crippen molar-refractivity contribution >= 4 is 56.7 Å². The number of carbonyl (C=O) groups is 3. The number of carbonyl (C=O) groups excluding carboxylic acids is 3. The van der Waals surface area contributed by atoms with Crippen LogP contribution >= 0.6 is 11.6 Å². The van der Waals surface area contributed by atoms with Gasteiger partial charge in [-0.05, 0) is 55.9 Å². The summed E-state index contributed by atoms with van der Waals surface area (Å²) in [4.78, 5) is 42.5. The van der Waals surface area contributed by atoms with E-state index in [-0.39, 0.29) is 25.0 Å². The van der Waals surface area contributed by atoms with Crippen LogP contribution in [0.5, 0.6) is 0 Å². The van der Waals surface area contributed by atoms with Crippen molar-refractivity contribution < 1.29 is 19.1 Å². The van der Waals surface area contributed by atoms with Gasteiger partial charge in [-0.15, -0.1) is 11.6 Å². The number of nitrogens with zero attached hydrogens (tertiary/aromatic N) is 2. The van der Waals surface area contributed by atoms with E-state index in [1.165, 1.54) is 4.90 Å². The second-order valence-corrected chi connectivity index (χ2v) is 8.66. The molecular formula is C25H26ClN3O4. The van der Waals surface area contributed by atoms with E-state index in [1.54, 1.807) is 12.1 Å². The van der Waals surface area contributed by atoms with Crippen LogP contribution in [0.3, 0.4) is 0 Å². The van der Waals surface area contributed by atoms with E-state index >= 15 is 0 Å². The summed E-state index contributed by atoms with van der Waals surface area (Å²) in [5.41, 5.74) is 1.38. The summed E-state index contributed by atoms with van der Waals surface area (Å²) >= 11 is 5.67. The Kier molecular flexibility index (Phi) is 6.81. The molecule has 0 saturated carbocycles. The Balaban J connectivity index is 1.81. The molecule has 3 aromatic rings. The number of likely N-dealkylation sites (N-methyl/N-ethyl adjacent to an activating group) is 1. The number of benzene rings is 3. The molecule has 1 heterocycles. The Morgan fingerprint density at radius 2 is 1.76 bits per heavy atom. The number of alkyl halides is 1. The second-order valence-electron chi connectivity index (χ2n) is 8.28. The lowest BCUT2D eigenvalue weighted by Crippen LogP contribution is -2.43. The van der Waals surface area contributed by atoms with Crippen LogP contribution in [0, 0.1) is 0 Å². The first-order valence-electron chi connectivity index (χ1n) is 10.9. The van der Waals surface area contributed by atoms with Gasteiger partial charge in [-0.1, -0.05) is 24.3 Å². The van der Waals surface area contributed by atoms with E-state index in [9.17, 15) is 14.4 Å². The lowest BCUT2D eigenvalue weighted by atomic mass is 9.89. The molecule has 0 spiro atoms. The minimum absolute atomic E-state index is 0.259. The van der Waals surface area contributed by atoms with Crippen LogP contribution < -0.4 is 5.32 Å². The van der Waals surface area contributed by atoms with Gasteiger partial charge in [-0.2, -0.15) is 0 Å². The minimum atomic E-state index is -0.596.